The maximum atomic E-state index is 13.8. The summed E-state index contributed by atoms with van der Waals surface area (Å²) in [6.45, 7) is 3.83. The van der Waals surface area contributed by atoms with Crippen LogP contribution < -0.4 is 0 Å². The van der Waals surface area contributed by atoms with Crippen molar-refractivity contribution in [2.75, 3.05) is 13.2 Å². The van der Waals surface area contributed by atoms with Crippen molar-refractivity contribution in [1.29, 1.82) is 0 Å². The van der Waals surface area contributed by atoms with Crippen molar-refractivity contribution in [1.82, 2.24) is 9.55 Å². The average molecular weight is 286 g/mol. The lowest BCUT2D eigenvalue weighted by atomic mass is 10.3. The molecule has 1 heterocycles. The molecule has 104 valence electrons. The van der Waals surface area contributed by atoms with Gasteiger partial charge in [-0.1, -0.05) is 6.92 Å². The van der Waals surface area contributed by atoms with Crippen LogP contribution in [0.2, 0.25) is 0 Å². The molecule has 0 amide bonds. The van der Waals surface area contributed by atoms with Gasteiger partial charge in [-0.25, -0.2) is 8.78 Å². The van der Waals surface area contributed by atoms with Crippen molar-refractivity contribution in [3.63, 3.8) is 0 Å². The van der Waals surface area contributed by atoms with Gasteiger partial charge < -0.3 is 14.3 Å². The Morgan fingerprint density at radius 1 is 1.32 bits per heavy atom. The molecule has 0 bridgehead atoms. The normalized spacial score (nSPS) is 11.3. The molecule has 0 fully saturated rings. The summed E-state index contributed by atoms with van der Waals surface area (Å²) in [5.41, 5.74) is 0.707. The first-order chi connectivity index (χ1) is 9.15. The first-order valence-corrected chi connectivity index (χ1v) is 6.70. The zero-order valence-electron chi connectivity index (χ0n) is 10.7. The standard InChI is InChI=1S/C13H16F2N2OS/c1-2-7-18-8-3-6-17-12-10(16-13(17)19)5-4-9(14)11(12)15/h4-5H,2-3,6-8H2,1H3,(H,16,19). The molecule has 0 saturated carbocycles. The van der Waals surface area contributed by atoms with Crippen LogP contribution in [0.3, 0.4) is 0 Å². The SMILES string of the molecule is CCCOCCCn1c(=S)[nH]c2ccc(F)c(F)c21. The van der Waals surface area contributed by atoms with Gasteiger partial charge in [0, 0.05) is 19.8 Å². The molecular formula is C13H16F2N2OS. The van der Waals surface area contributed by atoms with Gasteiger partial charge in [-0.05, 0) is 37.2 Å². The molecule has 0 radical (unpaired) electrons. The number of fused-ring (bicyclic) bond motifs is 1. The zero-order valence-corrected chi connectivity index (χ0v) is 11.5. The summed E-state index contributed by atoms with van der Waals surface area (Å²) in [6, 6.07) is 2.59. The number of halogens is 2. The summed E-state index contributed by atoms with van der Waals surface area (Å²) >= 11 is 5.13. The van der Waals surface area contributed by atoms with E-state index in [1.54, 1.807) is 4.57 Å². The maximum Gasteiger partial charge on any atom is 0.184 e. The molecule has 0 aliphatic carbocycles. The van der Waals surface area contributed by atoms with Gasteiger partial charge in [0.1, 0.15) is 5.52 Å². The maximum absolute atomic E-state index is 13.8. The van der Waals surface area contributed by atoms with Gasteiger partial charge in [0.2, 0.25) is 0 Å². The predicted molar refractivity (Wildman–Crippen MR) is 72.8 cm³/mol. The summed E-state index contributed by atoms with van der Waals surface area (Å²) in [4.78, 5) is 2.88. The summed E-state index contributed by atoms with van der Waals surface area (Å²) in [7, 11) is 0. The third-order valence-electron chi connectivity index (χ3n) is 2.84. The second-order valence-electron chi connectivity index (χ2n) is 4.31. The Morgan fingerprint density at radius 3 is 2.84 bits per heavy atom. The highest BCUT2D eigenvalue weighted by Crippen LogP contribution is 2.20. The van der Waals surface area contributed by atoms with Crippen LogP contribution >= 0.6 is 12.2 Å². The Morgan fingerprint density at radius 2 is 2.11 bits per heavy atom. The molecule has 19 heavy (non-hydrogen) atoms. The molecule has 6 heteroatoms. The highest BCUT2D eigenvalue weighted by atomic mass is 32.1. The number of hydrogen-bond acceptors (Lipinski definition) is 2. The molecule has 0 atom stereocenters. The van der Waals surface area contributed by atoms with E-state index in [1.807, 2.05) is 6.92 Å². The second kappa shape index (κ2) is 6.25. The Hall–Kier alpha value is -1.27. The van der Waals surface area contributed by atoms with Crippen molar-refractivity contribution in [2.45, 2.75) is 26.3 Å². The molecular weight excluding hydrogens is 270 g/mol. The lowest BCUT2D eigenvalue weighted by Gasteiger charge is -2.06. The van der Waals surface area contributed by atoms with Gasteiger partial charge in [0.15, 0.2) is 16.4 Å². The summed E-state index contributed by atoms with van der Waals surface area (Å²) < 4.78 is 34.4. The lowest BCUT2D eigenvalue weighted by molar-refractivity contribution is 0.129. The number of aromatic amines is 1. The van der Waals surface area contributed by atoms with E-state index in [1.165, 1.54) is 6.07 Å². The second-order valence-corrected chi connectivity index (χ2v) is 4.69. The summed E-state index contributed by atoms with van der Waals surface area (Å²) in [5, 5.41) is 0. The van der Waals surface area contributed by atoms with E-state index < -0.39 is 11.6 Å². The van der Waals surface area contributed by atoms with Crippen LogP contribution in [0.5, 0.6) is 0 Å². The van der Waals surface area contributed by atoms with Crippen LogP contribution in [-0.4, -0.2) is 22.8 Å². The van der Waals surface area contributed by atoms with Gasteiger partial charge in [-0.3, -0.25) is 0 Å². The van der Waals surface area contributed by atoms with Crippen molar-refractivity contribution in [3.05, 3.63) is 28.5 Å². The van der Waals surface area contributed by atoms with E-state index in [-0.39, 0.29) is 5.52 Å². The van der Waals surface area contributed by atoms with Gasteiger partial charge >= 0.3 is 0 Å². The topological polar surface area (TPSA) is 29.9 Å². The van der Waals surface area contributed by atoms with E-state index in [9.17, 15) is 8.78 Å². The third-order valence-corrected chi connectivity index (χ3v) is 3.17. The molecule has 1 aromatic carbocycles. The van der Waals surface area contributed by atoms with E-state index in [0.29, 0.717) is 36.5 Å². The minimum atomic E-state index is -0.863. The Labute approximate surface area is 115 Å². The van der Waals surface area contributed by atoms with Crippen LogP contribution in [0.15, 0.2) is 12.1 Å². The number of aromatic nitrogens is 2. The summed E-state index contributed by atoms with van der Waals surface area (Å²) in [6.07, 6.45) is 1.67. The fourth-order valence-electron chi connectivity index (χ4n) is 1.97. The number of rotatable bonds is 6. The van der Waals surface area contributed by atoms with E-state index in [0.717, 1.165) is 12.5 Å². The first-order valence-electron chi connectivity index (χ1n) is 6.29. The Balaban J connectivity index is 2.20. The number of hydrogen-bond donors (Lipinski definition) is 1. The smallest absolute Gasteiger partial charge is 0.184 e. The van der Waals surface area contributed by atoms with E-state index in [2.05, 4.69) is 4.98 Å². The van der Waals surface area contributed by atoms with Gasteiger partial charge in [-0.2, -0.15) is 0 Å². The molecule has 0 aliphatic rings. The molecule has 2 aromatic rings. The average Bonchev–Trinajstić information content (AvgIpc) is 2.71. The number of H-pyrrole nitrogens is 1. The quantitative estimate of drug-likeness (QED) is 0.646. The molecule has 2 rings (SSSR count). The Kier molecular flexibility index (Phi) is 4.66. The van der Waals surface area contributed by atoms with Crippen molar-refractivity contribution >= 4 is 23.3 Å². The fourth-order valence-corrected chi connectivity index (χ4v) is 2.27. The molecule has 1 N–H and O–H groups in total. The van der Waals surface area contributed by atoms with Crippen molar-refractivity contribution in [2.24, 2.45) is 0 Å². The minimum absolute atomic E-state index is 0.195. The molecule has 3 nitrogen and oxygen atoms in total. The lowest BCUT2D eigenvalue weighted by Crippen LogP contribution is -2.04. The van der Waals surface area contributed by atoms with Crippen molar-refractivity contribution < 1.29 is 13.5 Å². The van der Waals surface area contributed by atoms with Gasteiger partial charge in [0.25, 0.3) is 0 Å². The molecule has 0 aliphatic heterocycles. The summed E-state index contributed by atoms with van der Waals surface area (Å²) in [5.74, 6) is -1.73. The molecule has 0 saturated heterocycles. The van der Waals surface area contributed by atoms with Gasteiger partial charge in [0.05, 0.1) is 5.52 Å². The fraction of sp³-hybridized carbons (Fsp3) is 0.462. The highest BCUT2D eigenvalue weighted by molar-refractivity contribution is 7.71. The van der Waals surface area contributed by atoms with Crippen molar-refractivity contribution in [3.8, 4) is 0 Å². The minimum Gasteiger partial charge on any atom is -0.381 e. The van der Waals surface area contributed by atoms with Crippen LogP contribution in [0, 0.1) is 16.4 Å². The van der Waals surface area contributed by atoms with Crippen LogP contribution in [0.1, 0.15) is 19.8 Å². The number of nitrogens with zero attached hydrogens (tertiary/aromatic N) is 1. The zero-order chi connectivity index (χ0) is 13.8. The number of imidazole rings is 1. The molecule has 0 spiro atoms. The van der Waals surface area contributed by atoms with Crippen LogP contribution in [0.25, 0.3) is 11.0 Å². The first kappa shape index (κ1) is 14.1. The van der Waals surface area contributed by atoms with Gasteiger partial charge in [-0.15, -0.1) is 0 Å². The number of ether oxygens (including phenoxy) is 1. The number of aryl methyl sites for hydroxylation is 1. The van der Waals surface area contributed by atoms with Crippen LogP contribution in [0.4, 0.5) is 8.78 Å². The third kappa shape index (κ3) is 3.01. The molecule has 1 aromatic heterocycles. The predicted octanol–water partition coefficient (Wildman–Crippen LogP) is 3.79. The van der Waals surface area contributed by atoms with E-state index >= 15 is 0 Å². The van der Waals surface area contributed by atoms with Crippen LogP contribution in [-0.2, 0) is 11.3 Å². The number of benzene rings is 1. The van der Waals surface area contributed by atoms with E-state index in [4.69, 9.17) is 17.0 Å². The molecule has 0 unspecified atom stereocenters. The largest absolute Gasteiger partial charge is 0.381 e. The number of nitrogens with one attached hydrogen (secondary N) is 1. The Bertz CT molecular complexity index is 621. The monoisotopic (exact) mass is 286 g/mol. The highest BCUT2D eigenvalue weighted by Gasteiger charge is 2.13.